The number of ether oxygens (including phenoxy) is 1. The predicted molar refractivity (Wildman–Crippen MR) is 59.5 cm³/mol. The van der Waals surface area contributed by atoms with Gasteiger partial charge in [0.25, 0.3) is 0 Å². The molecule has 0 radical (unpaired) electrons. The highest BCUT2D eigenvalue weighted by Gasteiger charge is 2.40. The summed E-state index contributed by atoms with van der Waals surface area (Å²) in [7, 11) is 0. The van der Waals surface area contributed by atoms with Crippen molar-refractivity contribution in [3.8, 4) is 0 Å². The molecule has 0 aliphatic heterocycles. The van der Waals surface area contributed by atoms with E-state index in [1.807, 2.05) is 0 Å². The zero-order chi connectivity index (χ0) is 11.5. The zero-order valence-electron chi connectivity index (χ0n) is 9.69. The molecule has 4 nitrogen and oxygen atoms in total. The van der Waals surface area contributed by atoms with Crippen molar-refractivity contribution in [2.45, 2.75) is 51.6 Å². The number of fused-ring (bicyclic) bond motifs is 1. The Morgan fingerprint density at radius 2 is 2.12 bits per heavy atom. The highest BCUT2D eigenvalue weighted by atomic mass is 16.5. The molecule has 0 saturated heterocycles. The van der Waals surface area contributed by atoms with Crippen LogP contribution in [0.2, 0.25) is 0 Å². The summed E-state index contributed by atoms with van der Waals surface area (Å²) in [5.41, 5.74) is 0.651. The van der Waals surface area contributed by atoms with Crippen LogP contribution in [0.3, 0.4) is 0 Å². The fourth-order valence-electron chi connectivity index (χ4n) is 3.16. The van der Waals surface area contributed by atoms with Gasteiger partial charge in [-0.3, -0.25) is 4.79 Å². The van der Waals surface area contributed by atoms with Crippen LogP contribution in [0.5, 0.6) is 0 Å². The van der Waals surface area contributed by atoms with E-state index in [0.29, 0.717) is 17.5 Å². The van der Waals surface area contributed by atoms with E-state index in [9.17, 15) is 4.79 Å². The van der Waals surface area contributed by atoms with Crippen molar-refractivity contribution < 1.29 is 14.7 Å². The lowest BCUT2D eigenvalue weighted by Crippen LogP contribution is -2.43. The number of hydrogen-bond donors (Lipinski definition) is 1. The minimum atomic E-state index is -0.280. The second-order valence-electron chi connectivity index (χ2n) is 4.87. The first-order valence-electron chi connectivity index (χ1n) is 6.10. The van der Waals surface area contributed by atoms with E-state index in [0.717, 1.165) is 19.3 Å². The van der Waals surface area contributed by atoms with Gasteiger partial charge in [0.15, 0.2) is 0 Å². The second kappa shape index (κ2) is 4.85. The van der Waals surface area contributed by atoms with Crippen LogP contribution in [0.4, 0.5) is 0 Å². The first-order chi connectivity index (χ1) is 7.72. The lowest BCUT2D eigenvalue weighted by molar-refractivity contribution is -0.147. The number of esters is 1. The van der Waals surface area contributed by atoms with Gasteiger partial charge in [-0.2, -0.15) is 0 Å². The third-order valence-corrected chi connectivity index (χ3v) is 3.88. The molecule has 3 atom stereocenters. The third kappa shape index (κ3) is 2.20. The van der Waals surface area contributed by atoms with Crippen molar-refractivity contribution >= 4 is 11.7 Å². The largest absolute Gasteiger partial charge is 0.456 e. The van der Waals surface area contributed by atoms with Gasteiger partial charge >= 0.3 is 5.97 Å². The number of carbonyl (C=O) groups excluding carboxylic acids is 1. The summed E-state index contributed by atoms with van der Waals surface area (Å²) in [5, 5.41) is 12.3. The van der Waals surface area contributed by atoms with Crippen molar-refractivity contribution in [1.82, 2.24) is 0 Å². The normalized spacial score (nSPS) is 36.8. The molecule has 2 aliphatic rings. The summed E-state index contributed by atoms with van der Waals surface area (Å²) in [6.07, 6.45) is 6.33. The van der Waals surface area contributed by atoms with Crippen LogP contribution >= 0.6 is 0 Å². The van der Waals surface area contributed by atoms with Crippen molar-refractivity contribution in [3.05, 3.63) is 0 Å². The summed E-state index contributed by atoms with van der Waals surface area (Å²) in [5.74, 6) is 0.735. The molecule has 2 fully saturated rings. The van der Waals surface area contributed by atoms with Crippen LogP contribution < -0.4 is 0 Å². The molecule has 0 aromatic heterocycles. The van der Waals surface area contributed by atoms with Crippen molar-refractivity contribution in [2.24, 2.45) is 17.0 Å². The Labute approximate surface area is 95.7 Å². The Balaban J connectivity index is 2.14. The van der Waals surface area contributed by atoms with Gasteiger partial charge in [0.1, 0.15) is 6.10 Å². The van der Waals surface area contributed by atoms with Crippen molar-refractivity contribution in [3.63, 3.8) is 0 Å². The van der Waals surface area contributed by atoms with Gasteiger partial charge in [-0.05, 0) is 25.2 Å². The van der Waals surface area contributed by atoms with Gasteiger partial charge in [0.2, 0.25) is 0 Å². The molecule has 0 spiro atoms. The molecule has 0 bridgehead atoms. The first-order valence-corrected chi connectivity index (χ1v) is 6.10. The maximum absolute atomic E-state index is 11.1. The van der Waals surface area contributed by atoms with Crippen LogP contribution in [0, 0.1) is 11.8 Å². The van der Waals surface area contributed by atoms with Gasteiger partial charge in [-0.1, -0.05) is 24.4 Å². The second-order valence-corrected chi connectivity index (χ2v) is 4.87. The van der Waals surface area contributed by atoms with Crippen molar-refractivity contribution in [1.29, 1.82) is 0 Å². The molecule has 1 unspecified atom stereocenters. The molecular formula is C12H19NO3. The Hall–Kier alpha value is -1.06. The monoisotopic (exact) mass is 225 g/mol. The van der Waals surface area contributed by atoms with Gasteiger partial charge in [-0.15, -0.1) is 0 Å². The van der Waals surface area contributed by atoms with E-state index in [2.05, 4.69) is 5.16 Å². The Bertz CT molecular complexity index is 301. The van der Waals surface area contributed by atoms with Crippen LogP contribution in [-0.2, 0) is 9.53 Å². The molecule has 2 aliphatic carbocycles. The predicted octanol–water partition coefficient (Wildman–Crippen LogP) is 2.35. The number of carbonyl (C=O) groups is 1. The molecule has 1 N–H and O–H groups in total. The summed E-state index contributed by atoms with van der Waals surface area (Å²) < 4.78 is 5.33. The zero-order valence-corrected chi connectivity index (χ0v) is 9.69. The maximum atomic E-state index is 11.1. The molecule has 4 heteroatoms. The third-order valence-electron chi connectivity index (χ3n) is 3.88. The number of rotatable bonds is 1. The van der Waals surface area contributed by atoms with Gasteiger partial charge in [-0.25, -0.2) is 0 Å². The van der Waals surface area contributed by atoms with Crippen molar-refractivity contribution in [2.75, 3.05) is 0 Å². The first kappa shape index (κ1) is 11.4. The van der Waals surface area contributed by atoms with Gasteiger partial charge in [0.05, 0.1) is 5.71 Å². The lowest BCUT2D eigenvalue weighted by Gasteiger charge is -2.40. The summed E-state index contributed by atoms with van der Waals surface area (Å²) >= 11 is 0. The quantitative estimate of drug-likeness (QED) is 0.423. The van der Waals surface area contributed by atoms with Gasteiger partial charge in [0, 0.05) is 12.8 Å². The standard InChI is InChI=1S/C12H19NO3/c1-8(14)16-12-10-5-3-2-4-9(10)6-7-11(12)13-15/h9-10,12,15H,2-7H2,1H3/b13-11+/t9-,10?,12-/m0/s1. The summed E-state index contributed by atoms with van der Waals surface area (Å²) in [6, 6.07) is 0. The number of nitrogens with zero attached hydrogens (tertiary/aromatic N) is 1. The SMILES string of the molecule is CC(=O)O[C@@H]1/C(=N/O)CC[C@@H]2CCCCC21. The fraction of sp³-hybridized carbons (Fsp3) is 0.833. The number of oxime groups is 1. The van der Waals surface area contributed by atoms with E-state index in [4.69, 9.17) is 9.94 Å². The molecule has 0 aromatic carbocycles. The average molecular weight is 225 g/mol. The molecule has 2 saturated carbocycles. The van der Waals surface area contributed by atoms with Crippen LogP contribution in [0.15, 0.2) is 5.16 Å². The van der Waals surface area contributed by atoms with Crippen LogP contribution in [0.1, 0.15) is 45.4 Å². The molecular weight excluding hydrogens is 206 g/mol. The van der Waals surface area contributed by atoms with E-state index >= 15 is 0 Å². The van der Waals surface area contributed by atoms with Gasteiger partial charge < -0.3 is 9.94 Å². The summed E-state index contributed by atoms with van der Waals surface area (Å²) in [6.45, 7) is 1.42. The van der Waals surface area contributed by atoms with E-state index in [1.54, 1.807) is 0 Å². The van der Waals surface area contributed by atoms with E-state index in [1.165, 1.54) is 26.2 Å². The molecule has 16 heavy (non-hydrogen) atoms. The minimum absolute atomic E-state index is 0.276. The van der Waals surface area contributed by atoms with Crippen LogP contribution in [-0.4, -0.2) is 23.0 Å². The summed E-state index contributed by atoms with van der Waals surface area (Å²) in [4.78, 5) is 11.1. The smallest absolute Gasteiger partial charge is 0.303 e. The molecule has 0 heterocycles. The number of hydrogen-bond acceptors (Lipinski definition) is 4. The van der Waals surface area contributed by atoms with E-state index < -0.39 is 0 Å². The topological polar surface area (TPSA) is 58.9 Å². The fourth-order valence-corrected chi connectivity index (χ4v) is 3.16. The Morgan fingerprint density at radius 1 is 1.38 bits per heavy atom. The Kier molecular flexibility index (Phi) is 3.46. The molecule has 0 aromatic rings. The molecule has 0 amide bonds. The van der Waals surface area contributed by atoms with Crippen LogP contribution in [0.25, 0.3) is 0 Å². The minimum Gasteiger partial charge on any atom is -0.456 e. The maximum Gasteiger partial charge on any atom is 0.303 e. The highest BCUT2D eigenvalue weighted by Crippen LogP contribution is 2.40. The molecule has 90 valence electrons. The Morgan fingerprint density at radius 3 is 2.81 bits per heavy atom. The van der Waals surface area contributed by atoms with E-state index in [-0.39, 0.29) is 12.1 Å². The lowest BCUT2D eigenvalue weighted by atomic mass is 9.68. The highest BCUT2D eigenvalue weighted by molar-refractivity contribution is 5.90. The molecule has 2 rings (SSSR count). The average Bonchev–Trinajstić information content (AvgIpc) is 2.29.